The summed E-state index contributed by atoms with van der Waals surface area (Å²) in [7, 11) is 0. The average molecular weight is 303 g/mol. The minimum Gasteiger partial charge on any atom is -0.467 e. The van der Waals surface area contributed by atoms with E-state index >= 15 is 0 Å². The Bertz CT molecular complexity index is 619. The summed E-state index contributed by atoms with van der Waals surface area (Å²) in [5.74, 6) is 0.458. The zero-order valence-corrected chi connectivity index (χ0v) is 12.1. The summed E-state index contributed by atoms with van der Waals surface area (Å²) in [4.78, 5) is 1.83. The molecule has 0 aliphatic rings. The highest BCUT2D eigenvalue weighted by molar-refractivity contribution is 7.80. The van der Waals surface area contributed by atoms with Crippen molar-refractivity contribution in [1.82, 2.24) is 4.90 Å². The highest BCUT2D eigenvalue weighted by Crippen LogP contribution is 2.12. The van der Waals surface area contributed by atoms with E-state index in [1.165, 1.54) is 12.1 Å². The Kier molecular flexibility index (Phi) is 5.29. The lowest BCUT2D eigenvalue weighted by Gasteiger charge is -2.24. The van der Waals surface area contributed by atoms with Gasteiger partial charge < -0.3 is 14.6 Å². The molecule has 0 unspecified atom stereocenters. The molecule has 1 heterocycles. The van der Waals surface area contributed by atoms with Gasteiger partial charge in [0, 0.05) is 12.2 Å². The molecule has 4 nitrogen and oxygen atoms in total. The third-order valence-electron chi connectivity index (χ3n) is 2.80. The second kappa shape index (κ2) is 7.41. The molecular weight excluding hydrogens is 289 g/mol. The molecule has 0 radical (unpaired) electrons. The van der Waals surface area contributed by atoms with Crippen LogP contribution in [0.25, 0.3) is 0 Å². The average Bonchev–Trinajstić information content (AvgIpc) is 2.98. The second-order valence-corrected chi connectivity index (χ2v) is 4.73. The molecule has 0 bridgehead atoms. The molecule has 108 valence electrons. The van der Waals surface area contributed by atoms with E-state index in [9.17, 15) is 4.39 Å². The quantitative estimate of drug-likeness (QED) is 0.856. The zero-order valence-electron chi connectivity index (χ0n) is 11.3. The Morgan fingerprint density at radius 1 is 1.33 bits per heavy atom. The van der Waals surface area contributed by atoms with Crippen LogP contribution >= 0.6 is 12.2 Å². The van der Waals surface area contributed by atoms with Crippen molar-refractivity contribution in [2.45, 2.75) is 13.0 Å². The van der Waals surface area contributed by atoms with Crippen molar-refractivity contribution in [3.8, 4) is 6.07 Å². The van der Waals surface area contributed by atoms with Crippen molar-refractivity contribution in [2.24, 2.45) is 0 Å². The van der Waals surface area contributed by atoms with Gasteiger partial charge in [-0.15, -0.1) is 0 Å². The van der Waals surface area contributed by atoms with Crippen LogP contribution in [0.2, 0.25) is 0 Å². The first-order valence-corrected chi connectivity index (χ1v) is 6.80. The van der Waals surface area contributed by atoms with E-state index in [0.29, 0.717) is 30.3 Å². The number of halogens is 1. The van der Waals surface area contributed by atoms with Gasteiger partial charge in [0.05, 0.1) is 25.3 Å². The highest BCUT2D eigenvalue weighted by atomic mass is 32.1. The largest absolute Gasteiger partial charge is 0.467 e. The third kappa shape index (κ3) is 4.58. The van der Waals surface area contributed by atoms with Crippen molar-refractivity contribution in [1.29, 1.82) is 5.26 Å². The van der Waals surface area contributed by atoms with Gasteiger partial charge >= 0.3 is 0 Å². The lowest BCUT2D eigenvalue weighted by Crippen LogP contribution is -2.34. The molecule has 0 atom stereocenters. The van der Waals surface area contributed by atoms with Crippen LogP contribution in [0.3, 0.4) is 0 Å². The standard InChI is InChI=1S/C15H14FN3OS/c16-12-4-6-13(7-5-12)18-15(21)19(9-2-8-17)11-14-3-1-10-20-14/h1,3-7,10H,2,9,11H2,(H,18,21). The SMILES string of the molecule is N#CCCN(Cc1ccco1)C(=S)Nc1ccc(F)cc1. The number of nitriles is 1. The van der Waals surface area contributed by atoms with Gasteiger partial charge in [0.2, 0.25) is 0 Å². The van der Waals surface area contributed by atoms with E-state index in [2.05, 4.69) is 11.4 Å². The summed E-state index contributed by atoms with van der Waals surface area (Å²) in [5, 5.41) is 12.2. The maximum absolute atomic E-state index is 12.9. The Morgan fingerprint density at radius 2 is 2.10 bits per heavy atom. The topological polar surface area (TPSA) is 52.2 Å². The van der Waals surface area contributed by atoms with Gasteiger partial charge in [-0.1, -0.05) is 0 Å². The molecule has 2 rings (SSSR count). The van der Waals surface area contributed by atoms with E-state index in [1.54, 1.807) is 24.5 Å². The smallest absolute Gasteiger partial charge is 0.173 e. The third-order valence-corrected chi connectivity index (χ3v) is 3.16. The number of rotatable bonds is 5. The van der Waals surface area contributed by atoms with Gasteiger partial charge in [-0.2, -0.15) is 5.26 Å². The molecule has 0 saturated heterocycles. The van der Waals surface area contributed by atoms with Crippen molar-refractivity contribution in [2.75, 3.05) is 11.9 Å². The minimum atomic E-state index is -0.302. The molecule has 1 aromatic heterocycles. The van der Waals surface area contributed by atoms with Crippen LogP contribution in [0.4, 0.5) is 10.1 Å². The number of nitrogens with zero attached hydrogens (tertiary/aromatic N) is 2. The van der Waals surface area contributed by atoms with E-state index < -0.39 is 0 Å². The summed E-state index contributed by atoms with van der Waals surface area (Å²) in [6, 6.07) is 11.7. The van der Waals surface area contributed by atoms with Gasteiger partial charge in [-0.05, 0) is 48.6 Å². The maximum Gasteiger partial charge on any atom is 0.173 e. The predicted molar refractivity (Wildman–Crippen MR) is 82.0 cm³/mol. The van der Waals surface area contributed by atoms with Gasteiger partial charge in [0.1, 0.15) is 11.6 Å². The summed E-state index contributed by atoms with van der Waals surface area (Å²) in [6.45, 7) is 0.964. The van der Waals surface area contributed by atoms with Crippen molar-refractivity contribution in [3.63, 3.8) is 0 Å². The summed E-state index contributed by atoms with van der Waals surface area (Å²) >= 11 is 5.35. The van der Waals surface area contributed by atoms with E-state index in [0.717, 1.165) is 5.76 Å². The number of anilines is 1. The second-order valence-electron chi connectivity index (χ2n) is 4.35. The molecule has 0 saturated carbocycles. The number of hydrogen-bond acceptors (Lipinski definition) is 3. The molecule has 6 heteroatoms. The minimum absolute atomic E-state index is 0.302. The van der Waals surface area contributed by atoms with Gasteiger partial charge in [0.25, 0.3) is 0 Å². The fraction of sp³-hybridized carbons (Fsp3) is 0.200. The van der Waals surface area contributed by atoms with Crippen LogP contribution in [0, 0.1) is 17.1 Å². The maximum atomic E-state index is 12.9. The van der Waals surface area contributed by atoms with Crippen LogP contribution in [0.1, 0.15) is 12.2 Å². The Labute approximate surface area is 127 Å². The van der Waals surface area contributed by atoms with Crippen LogP contribution < -0.4 is 5.32 Å². The molecule has 2 aromatic rings. The normalized spacial score (nSPS) is 9.90. The lowest BCUT2D eigenvalue weighted by atomic mass is 10.3. The monoisotopic (exact) mass is 303 g/mol. The number of thiocarbonyl (C=S) groups is 1. The summed E-state index contributed by atoms with van der Waals surface area (Å²) in [5.41, 5.74) is 0.697. The highest BCUT2D eigenvalue weighted by Gasteiger charge is 2.12. The van der Waals surface area contributed by atoms with Crippen molar-refractivity contribution >= 4 is 23.0 Å². The number of nitrogens with one attached hydrogen (secondary N) is 1. The number of benzene rings is 1. The molecule has 0 fully saturated rings. The number of hydrogen-bond donors (Lipinski definition) is 1. The first-order chi connectivity index (χ1) is 10.2. The molecule has 0 aliphatic heterocycles. The van der Waals surface area contributed by atoms with Gasteiger partial charge in [-0.25, -0.2) is 4.39 Å². The molecule has 0 spiro atoms. The number of furan rings is 1. The molecule has 1 N–H and O–H groups in total. The first kappa shape index (κ1) is 15.0. The Hall–Kier alpha value is -2.39. The molecule has 0 amide bonds. The molecule has 1 aromatic carbocycles. The molecule has 21 heavy (non-hydrogen) atoms. The van der Waals surface area contributed by atoms with Crippen LogP contribution in [0.5, 0.6) is 0 Å². The molecular formula is C15H14FN3OS. The van der Waals surface area contributed by atoms with Gasteiger partial charge in [0.15, 0.2) is 5.11 Å². The van der Waals surface area contributed by atoms with Crippen molar-refractivity contribution < 1.29 is 8.81 Å². The van der Waals surface area contributed by atoms with E-state index in [4.69, 9.17) is 21.9 Å². The van der Waals surface area contributed by atoms with Gasteiger partial charge in [-0.3, -0.25) is 0 Å². The fourth-order valence-electron chi connectivity index (χ4n) is 1.76. The van der Waals surface area contributed by atoms with Crippen molar-refractivity contribution in [3.05, 3.63) is 54.2 Å². The summed E-state index contributed by atoms with van der Waals surface area (Å²) in [6.07, 6.45) is 1.94. The van der Waals surface area contributed by atoms with Crippen LogP contribution in [0.15, 0.2) is 47.1 Å². The van der Waals surface area contributed by atoms with E-state index in [-0.39, 0.29) is 5.82 Å². The van der Waals surface area contributed by atoms with Crippen LogP contribution in [-0.2, 0) is 6.54 Å². The zero-order chi connectivity index (χ0) is 15.1. The first-order valence-electron chi connectivity index (χ1n) is 6.40. The predicted octanol–water partition coefficient (Wildman–Crippen LogP) is 3.53. The van der Waals surface area contributed by atoms with E-state index in [1.807, 2.05) is 11.0 Å². The fourth-order valence-corrected chi connectivity index (χ4v) is 2.04. The Morgan fingerprint density at radius 3 is 2.71 bits per heavy atom. The van der Waals surface area contributed by atoms with Crippen LogP contribution in [-0.4, -0.2) is 16.6 Å². The molecule has 0 aliphatic carbocycles. The summed E-state index contributed by atoms with van der Waals surface area (Å²) < 4.78 is 18.2. The Balaban J connectivity index is 2.02. The lowest BCUT2D eigenvalue weighted by molar-refractivity contribution is 0.371.